The summed E-state index contributed by atoms with van der Waals surface area (Å²) in [6.07, 6.45) is 5.86. The highest BCUT2D eigenvalue weighted by atomic mass is 32.2. The molecule has 0 atom stereocenters. The van der Waals surface area contributed by atoms with Crippen molar-refractivity contribution in [1.29, 1.82) is 0 Å². The van der Waals surface area contributed by atoms with Crippen molar-refractivity contribution >= 4 is 29.3 Å². The van der Waals surface area contributed by atoms with Gasteiger partial charge in [0.2, 0.25) is 5.91 Å². The van der Waals surface area contributed by atoms with Gasteiger partial charge in [-0.3, -0.25) is 9.59 Å². The summed E-state index contributed by atoms with van der Waals surface area (Å²) >= 11 is 1.70. The van der Waals surface area contributed by atoms with Gasteiger partial charge < -0.3 is 19.7 Å². The Morgan fingerprint density at radius 1 is 1.06 bits per heavy atom. The van der Waals surface area contributed by atoms with Gasteiger partial charge in [-0.05, 0) is 61.8 Å². The van der Waals surface area contributed by atoms with Gasteiger partial charge in [0.25, 0.3) is 5.91 Å². The van der Waals surface area contributed by atoms with E-state index in [4.69, 9.17) is 9.47 Å². The number of thioether (sulfide) groups is 1. The van der Waals surface area contributed by atoms with Crippen LogP contribution in [0.2, 0.25) is 0 Å². The number of nitrogens with zero attached hydrogens (tertiary/aromatic N) is 1. The molecule has 7 heteroatoms. The Morgan fingerprint density at radius 2 is 1.77 bits per heavy atom. The number of rotatable bonds is 9. The lowest BCUT2D eigenvalue weighted by molar-refractivity contribution is -0.117. The lowest BCUT2D eigenvalue weighted by Crippen LogP contribution is -2.32. The van der Waals surface area contributed by atoms with Crippen molar-refractivity contribution in [3.63, 3.8) is 0 Å². The molecule has 0 radical (unpaired) electrons. The SMILES string of the molecule is COc1cc(C(=O)N(Cc2ccc(SC)cc2)C2CC2)cc(NC(=O)C2CC2)c1OC. The largest absolute Gasteiger partial charge is 0.493 e. The second kappa shape index (κ2) is 9.22. The predicted molar refractivity (Wildman–Crippen MR) is 122 cm³/mol. The lowest BCUT2D eigenvalue weighted by Gasteiger charge is -2.24. The Morgan fingerprint density at radius 3 is 2.32 bits per heavy atom. The number of ether oxygens (including phenoxy) is 2. The zero-order valence-corrected chi connectivity index (χ0v) is 19.0. The monoisotopic (exact) mass is 440 g/mol. The van der Waals surface area contributed by atoms with Crippen molar-refractivity contribution in [2.45, 2.75) is 43.2 Å². The normalized spacial score (nSPS) is 15.3. The summed E-state index contributed by atoms with van der Waals surface area (Å²) in [5.74, 6) is 0.790. The van der Waals surface area contributed by atoms with Crippen molar-refractivity contribution < 1.29 is 19.1 Å². The number of methoxy groups -OCH3 is 2. The minimum Gasteiger partial charge on any atom is -0.493 e. The molecule has 6 nitrogen and oxygen atoms in total. The summed E-state index contributed by atoms with van der Waals surface area (Å²) in [4.78, 5) is 29.0. The van der Waals surface area contributed by atoms with E-state index in [0.29, 0.717) is 29.3 Å². The van der Waals surface area contributed by atoms with Crippen LogP contribution in [0.25, 0.3) is 0 Å². The summed E-state index contributed by atoms with van der Waals surface area (Å²) in [5.41, 5.74) is 2.05. The number of hydrogen-bond donors (Lipinski definition) is 1. The van der Waals surface area contributed by atoms with Gasteiger partial charge in [0.05, 0.1) is 19.9 Å². The van der Waals surface area contributed by atoms with E-state index in [-0.39, 0.29) is 23.8 Å². The van der Waals surface area contributed by atoms with Crippen molar-refractivity contribution in [1.82, 2.24) is 4.90 Å². The summed E-state index contributed by atoms with van der Waals surface area (Å²) in [5, 5.41) is 2.92. The molecule has 0 saturated heterocycles. The molecule has 2 aromatic carbocycles. The highest BCUT2D eigenvalue weighted by molar-refractivity contribution is 7.98. The molecular formula is C24H28N2O4S. The van der Waals surface area contributed by atoms with Crippen molar-refractivity contribution in [2.75, 3.05) is 25.8 Å². The maximum atomic E-state index is 13.5. The summed E-state index contributed by atoms with van der Waals surface area (Å²) in [7, 11) is 3.06. The third-order valence-electron chi connectivity index (χ3n) is 5.69. The van der Waals surface area contributed by atoms with E-state index >= 15 is 0 Å². The van der Waals surface area contributed by atoms with Gasteiger partial charge in [0.1, 0.15) is 0 Å². The fourth-order valence-electron chi connectivity index (χ4n) is 3.61. The van der Waals surface area contributed by atoms with Crippen LogP contribution in [-0.2, 0) is 11.3 Å². The Kier molecular flexibility index (Phi) is 6.41. The zero-order chi connectivity index (χ0) is 22.0. The Hall–Kier alpha value is -2.67. The van der Waals surface area contributed by atoms with Gasteiger partial charge in [0, 0.05) is 29.0 Å². The number of carbonyl (C=O) groups excluding carboxylic acids is 2. The van der Waals surface area contributed by atoms with Crippen LogP contribution in [0.4, 0.5) is 5.69 Å². The fourth-order valence-corrected chi connectivity index (χ4v) is 4.02. The van der Waals surface area contributed by atoms with Crippen molar-refractivity contribution in [2.24, 2.45) is 5.92 Å². The topological polar surface area (TPSA) is 67.9 Å². The van der Waals surface area contributed by atoms with E-state index in [1.54, 1.807) is 23.9 Å². The Balaban J connectivity index is 1.61. The number of carbonyl (C=O) groups is 2. The first-order valence-corrected chi connectivity index (χ1v) is 11.8. The number of benzene rings is 2. The lowest BCUT2D eigenvalue weighted by atomic mass is 10.1. The Bertz CT molecular complexity index is 968. The van der Waals surface area contributed by atoms with Crippen LogP contribution in [0.1, 0.15) is 41.6 Å². The molecule has 4 rings (SSSR count). The predicted octanol–water partition coefficient (Wildman–Crippen LogP) is 4.58. The number of hydrogen-bond acceptors (Lipinski definition) is 5. The Labute approximate surface area is 187 Å². The molecule has 164 valence electrons. The molecule has 2 aliphatic carbocycles. The van der Waals surface area contributed by atoms with Gasteiger partial charge in [-0.15, -0.1) is 11.8 Å². The van der Waals surface area contributed by atoms with Crippen LogP contribution in [0.5, 0.6) is 11.5 Å². The maximum absolute atomic E-state index is 13.5. The third-order valence-corrected chi connectivity index (χ3v) is 6.44. The summed E-state index contributed by atoms with van der Waals surface area (Å²) < 4.78 is 10.9. The van der Waals surface area contributed by atoms with Crippen molar-refractivity contribution in [3.8, 4) is 11.5 Å². The molecule has 1 N–H and O–H groups in total. The van der Waals surface area contributed by atoms with E-state index in [1.807, 2.05) is 11.2 Å². The first-order valence-electron chi connectivity index (χ1n) is 10.5. The van der Waals surface area contributed by atoms with Gasteiger partial charge in [0.15, 0.2) is 11.5 Å². The van der Waals surface area contributed by atoms with E-state index in [0.717, 1.165) is 31.2 Å². The minimum atomic E-state index is -0.0701. The van der Waals surface area contributed by atoms with Crippen LogP contribution < -0.4 is 14.8 Å². The quantitative estimate of drug-likeness (QED) is 0.578. The molecule has 0 unspecified atom stereocenters. The maximum Gasteiger partial charge on any atom is 0.254 e. The molecule has 0 heterocycles. The average molecular weight is 441 g/mol. The standard InChI is InChI=1S/C24H28N2O4S/c1-29-21-13-17(12-20(22(21)30-2)25-23(27)16-6-7-16)24(28)26(18-8-9-18)14-15-4-10-19(31-3)11-5-15/h4-5,10-13,16,18H,6-9,14H2,1-3H3,(H,25,27). The van der Waals surface area contributed by atoms with Gasteiger partial charge in [-0.25, -0.2) is 0 Å². The first-order chi connectivity index (χ1) is 15.0. The molecular weight excluding hydrogens is 412 g/mol. The highest BCUT2D eigenvalue weighted by Gasteiger charge is 2.34. The van der Waals surface area contributed by atoms with Crippen LogP contribution in [0.15, 0.2) is 41.3 Å². The first kappa shape index (κ1) is 21.6. The van der Waals surface area contributed by atoms with E-state index in [1.165, 1.54) is 19.1 Å². The van der Waals surface area contributed by atoms with Gasteiger partial charge >= 0.3 is 0 Å². The summed E-state index contributed by atoms with van der Waals surface area (Å²) in [6, 6.07) is 11.9. The van der Waals surface area contributed by atoms with Gasteiger partial charge in [-0.1, -0.05) is 12.1 Å². The minimum absolute atomic E-state index is 0.0436. The molecule has 2 aromatic rings. The van der Waals surface area contributed by atoms with E-state index < -0.39 is 0 Å². The molecule has 0 bridgehead atoms. The molecule has 31 heavy (non-hydrogen) atoms. The second-order valence-electron chi connectivity index (χ2n) is 8.04. The molecule has 0 aromatic heterocycles. The number of nitrogens with one attached hydrogen (secondary N) is 1. The molecule has 0 spiro atoms. The molecule has 2 saturated carbocycles. The second-order valence-corrected chi connectivity index (χ2v) is 8.91. The van der Waals surface area contributed by atoms with Crippen LogP contribution >= 0.6 is 11.8 Å². The molecule has 0 aliphatic heterocycles. The number of amides is 2. The van der Waals surface area contributed by atoms with E-state index in [2.05, 4.69) is 29.6 Å². The summed E-state index contributed by atoms with van der Waals surface area (Å²) in [6.45, 7) is 0.552. The van der Waals surface area contributed by atoms with Crippen LogP contribution in [-0.4, -0.2) is 43.2 Å². The third kappa shape index (κ3) is 4.98. The van der Waals surface area contributed by atoms with Crippen LogP contribution in [0, 0.1) is 5.92 Å². The smallest absolute Gasteiger partial charge is 0.254 e. The van der Waals surface area contributed by atoms with E-state index in [9.17, 15) is 9.59 Å². The fraction of sp³-hybridized carbons (Fsp3) is 0.417. The molecule has 2 amide bonds. The molecule has 2 fully saturated rings. The van der Waals surface area contributed by atoms with Crippen LogP contribution in [0.3, 0.4) is 0 Å². The highest BCUT2D eigenvalue weighted by Crippen LogP contribution is 2.40. The number of anilines is 1. The van der Waals surface area contributed by atoms with Gasteiger partial charge in [-0.2, -0.15) is 0 Å². The van der Waals surface area contributed by atoms with Crippen molar-refractivity contribution in [3.05, 3.63) is 47.5 Å². The zero-order valence-electron chi connectivity index (χ0n) is 18.1. The average Bonchev–Trinajstić information content (AvgIpc) is 3.69. The molecule has 2 aliphatic rings.